The lowest BCUT2D eigenvalue weighted by atomic mass is 10.1. The Morgan fingerprint density at radius 3 is 2.39 bits per heavy atom. The number of ether oxygens (including phenoxy) is 2. The third-order valence-electron chi connectivity index (χ3n) is 4.84. The van der Waals surface area contributed by atoms with Crippen LogP contribution in [0.3, 0.4) is 0 Å². The number of hydrogen-bond donors (Lipinski definition) is 0. The van der Waals surface area contributed by atoms with E-state index >= 15 is 0 Å². The molecule has 2 heterocycles. The number of methoxy groups -OCH3 is 1. The van der Waals surface area contributed by atoms with Crippen LogP contribution in [0.25, 0.3) is 0 Å². The highest BCUT2D eigenvalue weighted by Gasteiger charge is 2.43. The number of benzene rings is 1. The number of amides is 3. The van der Waals surface area contributed by atoms with E-state index in [1.54, 1.807) is 36.3 Å². The molecule has 0 N–H and O–H groups in total. The minimum atomic E-state index is -0.542. The summed E-state index contributed by atoms with van der Waals surface area (Å²) >= 11 is 0. The predicted octanol–water partition coefficient (Wildman–Crippen LogP) is 1.88. The smallest absolute Gasteiger partial charge is 0.410 e. The number of anilines is 1. The van der Waals surface area contributed by atoms with Gasteiger partial charge in [-0.05, 0) is 32.9 Å². The summed E-state index contributed by atoms with van der Waals surface area (Å²) in [5, 5.41) is 0. The fraction of sp³-hybridized carbons (Fsp3) is 0.550. The first-order chi connectivity index (χ1) is 13.2. The molecule has 8 nitrogen and oxygen atoms in total. The SMILES string of the molecule is COc1cccc(N2C(=O)C[C@H](N3CCN(C(=O)OC(C)(C)C)CC3)C2=O)c1. The summed E-state index contributed by atoms with van der Waals surface area (Å²) in [4.78, 5) is 42.5. The number of carbonyl (C=O) groups is 3. The first kappa shape index (κ1) is 20.1. The molecule has 28 heavy (non-hydrogen) atoms. The van der Waals surface area contributed by atoms with Crippen molar-refractivity contribution >= 4 is 23.6 Å². The Morgan fingerprint density at radius 1 is 1.11 bits per heavy atom. The third-order valence-corrected chi connectivity index (χ3v) is 4.84. The van der Waals surface area contributed by atoms with Crippen molar-refractivity contribution in [3.8, 4) is 5.75 Å². The molecule has 0 unspecified atom stereocenters. The van der Waals surface area contributed by atoms with Crippen molar-refractivity contribution in [2.24, 2.45) is 0 Å². The van der Waals surface area contributed by atoms with Crippen molar-refractivity contribution in [1.82, 2.24) is 9.80 Å². The minimum Gasteiger partial charge on any atom is -0.497 e. The van der Waals surface area contributed by atoms with Gasteiger partial charge in [0.05, 0.1) is 25.3 Å². The molecule has 3 amide bonds. The first-order valence-corrected chi connectivity index (χ1v) is 9.42. The molecule has 152 valence electrons. The molecule has 2 aliphatic heterocycles. The Kier molecular flexibility index (Phi) is 5.60. The minimum absolute atomic E-state index is 0.141. The molecule has 1 aromatic rings. The predicted molar refractivity (Wildman–Crippen MR) is 103 cm³/mol. The summed E-state index contributed by atoms with van der Waals surface area (Å²) in [6, 6.07) is 6.42. The topological polar surface area (TPSA) is 79.4 Å². The van der Waals surface area contributed by atoms with Gasteiger partial charge in [-0.2, -0.15) is 0 Å². The van der Waals surface area contributed by atoms with Crippen LogP contribution in [0.1, 0.15) is 27.2 Å². The highest BCUT2D eigenvalue weighted by molar-refractivity contribution is 6.22. The van der Waals surface area contributed by atoms with Crippen molar-refractivity contribution in [1.29, 1.82) is 0 Å². The van der Waals surface area contributed by atoms with E-state index in [4.69, 9.17) is 9.47 Å². The molecule has 2 fully saturated rings. The van der Waals surface area contributed by atoms with Gasteiger partial charge in [-0.1, -0.05) is 6.07 Å². The molecule has 0 saturated carbocycles. The molecule has 1 atom stereocenters. The van der Waals surface area contributed by atoms with E-state index in [9.17, 15) is 14.4 Å². The van der Waals surface area contributed by atoms with Gasteiger partial charge in [-0.3, -0.25) is 14.5 Å². The molecule has 8 heteroatoms. The van der Waals surface area contributed by atoms with Gasteiger partial charge < -0.3 is 14.4 Å². The number of carbonyl (C=O) groups excluding carboxylic acids is 3. The van der Waals surface area contributed by atoms with Crippen molar-refractivity contribution in [2.75, 3.05) is 38.2 Å². The lowest BCUT2D eigenvalue weighted by molar-refractivity contribution is -0.123. The van der Waals surface area contributed by atoms with Crippen LogP contribution in [-0.2, 0) is 14.3 Å². The van der Waals surface area contributed by atoms with Crippen LogP contribution in [0.2, 0.25) is 0 Å². The molecule has 0 spiro atoms. The van der Waals surface area contributed by atoms with Gasteiger partial charge >= 0.3 is 6.09 Å². The lowest BCUT2D eigenvalue weighted by Crippen LogP contribution is -2.54. The van der Waals surface area contributed by atoms with Crippen LogP contribution in [-0.4, -0.2) is 72.6 Å². The van der Waals surface area contributed by atoms with Gasteiger partial charge in [0, 0.05) is 32.2 Å². The zero-order chi connectivity index (χ0) is 20.5. The van der Waals surface area contributed by atoms with E-state index in [2.05, 4.69) is 0 Å². The maximum absolute atomic E-state index is 12.9. The standard InChI is InChI=1S/C20H27N3O5/c1-20(2,3)28-19(26)22-10-8-21(9-11-22)16-13-17(24)23(18(16)25)14-6-5-7-15(12-14)27-4/h5-7,12,16H,8-11,13H2,1-4H3/t16-/m0/s1. The van der Waals surface area contributed by atoms with E-state index < -0.39 is 11.6 Å². The Hall–Kier alpha value is -2.61. The summed E-state index contributed by atoms with van der Waals surface area (Å²) in [5.41, 5.74) is -0.0245. The number of imide groups is 1. The lowest BCUT2D eigenvalue weighted by Gasteiger charge is -2.37. The maximum Gasteiger partial charge on any atom is 0.410 e. The number of nitrogens with zero attached hydrogens (tertiary/aromatic N) is 3. The summed E-state index contributed by atoms with van der Waals surface area (Å²) in [7, 11) is 1.54. The van der Waals surface area contributed by atoms with Gasteiger partial charge in [0.25, 0.3) is 5.91 Å². The molecule has 0 aromatic heterocycles. The second-order valence-corrected chi connectivity index (χ2v) is 7.99. The van der Waals surface area contributed by atoms with Crippen molar-refractivity contribution in [2.45, 2.75) is 38.8 Å². The summed E-state index contributed by atoms with van der Waals surface area (Å²) in [6.45, 7) is 7.47. The summed E-state index contributed by atoms with van der Waals surface area (Å²) in [5.74, 6) is 0.134. The molecular weight excluding hydrogens is 362 g/mol. The van der Waals surface area contributed by atoms with Crippen LogP contribution < -0.4 is 9.64 Å². The second kappa shape index (κ2) is 7.79. The van der Waals surface area contributed by atoms with Gasteiger partial charge in [0.15, 0.2) is 0 Å². The first-order valence-electron chi connectivity index (χ1n) is 9.42. The molecule has 3 rings (SSSR count). The van der Waals surface area contributed by atoms with E-state index in [0.717, 1.165) is 0 Å². The summed E-state index contributed by atoms with van der Waals surface area (Å²) in [6.07, 6.45) is -0.207. The van der Waals surface area contributed by atoms with Crippen LogP contribution in [0, 0.1) is 0 Å². The Labute approximate surface area is 165 Å². The van der Waals surface area contributed by atoms with Crippen LogP contribution >= 0.6 is 0 Å². The molecule has 0 aliphatic carbocycles. The number of hydrogen-bond acceptors (Lipinski definition) is 6. The third kappa shape index (κ3) is 4.27. The van der Waals surface area contributed by atoms with Crippen LogP contribution in [0.5, 0.6) is 5.75 Å². The van der Waals surface area contributed by atoms with Crippen LogP contribution in [0.4, 0.5) is 10.5 Å². The number of rotatable bonds is 3. The van der Waals surface area contributed by atoms with E-state index in [1.165, 1.54) is 4.90 Å². The quantitative estimate of drug-likeness (QED) is 0.735. The van der Waals surface area contributed by atoms with Gasteiger partial charge in [-0.15, -0.1) is 0 Å². The fourth-order valence-corrected chi connectivity index (χ4v) is 3.46. The molecular formula is C20H27N3O5. The zero-order valence-corrected chi connectivity index (χ0v) is 16.8. The maximum atomic E-state index is 12.9. The normalized spacial score (nSPS) is 21.2. The Balaban J connectivity index is 1.64. The number of piperazine rings is 1. The average Bonchev–Trinajstić information content (AvgIpc) is 2.94. The van der Waals surface area contributed by atoms with Crippen LogP contribution in [0.15, 0.2) is 24.3 Å². The zero-order valence-electron chi connectivity index (χ0n) is 16.8. The Bertz CT molecular complexity index is 765. The molecule has 0 bridgehead atoms. The Morgan fingerprint density at radius 2 is 1.79 bits per heavy atom. The monoisotopic (exact) mass is 389 g/mol. The highest BCUT2D eigenvalue weighted by atomic mass is 16.6. The highest BCUT2D eigenvalue weighted by Crippen LogP contribution is 2.28. The van der Waals surface area contributed by atoms with E-state index in [0.29, 0.717) is 37.6 Å². The molecule has 2 aliphatic rings. The van der Waals surface area contributed by atoms with Crippen molar-refractivity contribution in [3.05, 3.63) is 24.3 Å². The van der Waals surface area contributed by atoms with E-state index in [-0.39, 0.29) is 24.3 Å². The summed E-state index contributed by atoms with van der Waals surface area (Å²) < 4.78 is 10.6. The van der Waals surface area contributed by atoms with Gasteiger partial charge in [0.2, 0.25) is 5.91 Å². The largest absolute Gasteiger partial charge is 0.497 e. The fourth-order valence-electron chi connectivity index (χ4n) is 3.46. The van der Waals surface area contributed by atoms with Gasteiger partial charge in [-0.25, -0.2) is 9.69 Å². The van der Waals surface area contributed by atoms with Crippen molar-refractivity contribution < 1.29 is 23.9 Å². The second-order valence-electron chi connectivity index (χ2n) is 7.99. The molecule has 1 aromatic carbocycles. The van der Waals surface area contributed by atoms with Gasteiger partial charge in [0.1, 0.15) is 11.4 Å². The average molecular weight is 389 g/mol. The molecule has 0 radical (unpaired) electrons. The van der Waals surface area contributed by atoms with Crippen molar-refractivity contribution in [3.63, 3.8) is 0 Å². The molecule has 2 saturated heterocycles. The van der Waals surface area contributed by atoms with E-state index in [1.807, 2.05) is 25.7 Å².